The summed E-state index contributed by atoms with van der Waals surface area (Å²) in [5, 5.41) is 10.5. The molecular weight excluding hydrogens is 258 g/mol. The van der Waals surface area contributed by atoms with Crippen LogP contribution in [0.25, 0.3) is 10.9 Å². The maximum atomic E-state index is 11.5. The fourth-order valence-electron chi connectivity index (χ4n) is 1.31. The van der Waals surface area contributed by atoms with E-state index in [0.717, 1.165) is 16.6 Å². The molecule has 1 aromatic carbocycles. The van der Waals surface area contributed by atoms with Gasteiger partial charge in [0.05, 0.1) is 22.2 Å². The highest BCUT2D eigenvalue weighted by Gasteiger charge is 2.10. The van der Waals surface area contributed by atoms with Gasteiger partial charge in [0.1, 0.15) is 0 Å². The largest absolute Gasteiger partial charge is 0.324 e. The molecule has 0 fully saturated rings. The smallest absolute Gasteiger partial charge is 0.237 e. The topological polar surface area (TPSA) is 57.8 Å². The summed E-state index contributed by atoms with van der Waals surface area (Å²) in [4.78, 5) is 11.3. The van der Waals surface area contributed by atoms with Crippen LogP contribution < -0.4 is 5.32 Å². The lowest BCUT2D eigenvalue weighted by molar-refractivity contribution is -0.115. The van der Waals surface area contributed by atoms with E-state index < -0.39 is 0 Å². The maximum Gasteiger partial charge on any atom is 0.237 e. The summed E-state index contributed by atoms with van der Waals surface area (Å²) < 4.78 is 0. The number of amides is 1. The molecule has 0 bridgehead atoms. The van der Waals surface area contributed by atoms with Gasteiger partial charge < -0.3 is 5.32 Å². The van der Waals surface area contributed by atoms with Crippen LogP contribution in [0.1, 0.15) is 6.92 Å². The Morgan fingerprint density at radius 3 is 3.13 bits per heavy atom. The van der Waals surface area contributed by atoms with E-state index in [0.29, 0.717) is 0 Å². The summed E-state index contributed by atoms with van der Waals surface area (Å²) in [7, 11) is 0. The third kappa shape index (κ3) is 2.02. The molecule has 2 N–H and O–H groups in total. The minimum absolute atomic E-state index is 0.0660. The number of anilines is 1. The van der Waals surface area contributed by atoms with Gasteiger partial charge in [0.2, 0.25) is 5.91 Å². The van der Waals surface area contributed by atoms with E-state index in [9.17, 15) is 4.79 Å². The van der Waals surface area contributed by atoms with Crippen LogP contribution in [0, 0.1) is 0 Å². The SMILES string of the molecule is CC(Br)C(=O)Nc1cccc2[nH]ncc12. The zero-order valence-corrected chi connectivity index (χ0v) is 9.71. The van der Waals surface area contributed by atoms with Crippen molar-refractivity contribution in [1.29, 1.82) is 0 Å². The summed E-state index contributed by atoms with van der Waals surface area (Å²) in [6.45, 7) is 1.78. The summed E-state index contributed by atoms with van der Waals surface area (Å²) in [6, 6.07) is 5.63. The van der Waals surface area contributed by atoms with E-state index in [1.807, 2.05) is 18.2 Å². The van der Waals surface area contributed by atoms with Crippen LogP contribution in [0.2, 0.25) is 0 Å². The van der Waals surface area contributed by atoms with Gasteiger partial charge in [-0.2, -0.15) is 5.10 Å². The molecule has 0 saturated heterocycles. The Hall–Kier alpha value is -1.36. The van der Waals surface area contributed by atoms with E-state index in [2.05, 4.69) is 31.4 Å². The van der Waals surface area contributed by atoms with Gasteiger partial charge in [-0.1, -0.05) is 22.0 Å². The van der Waals surface area contributed by atoms with Crippen LogP contribution >= 0.6 is 15.9 Å². The number of nitrogens with zero attached hydrogens (tertiary/aromatic N) is 1. The number of fused-ring (bicyclic) bond motifs is 1. The fraction of sp³-hybridized carbons (Fsp3) is 0.200. The quantitative estimate of drug-likeness (QED) is 0.821. The number of carbonyl (C=O) groups excluding carboxylic acids is 1. The van der Waals surface area contributed by atoms with Gasteiger partial charge in [-0.15, -0.1) is 0 Å². The van der Waals surface area contributed by atoms with Gasteiger partial charge in [-0.05, 0) is 19.1 Å². The minimum Gasteiger partial charge on any atom is -0.324 e. The molecular formula is C10H10BrN3O. The maximum absolute atomic E-state index is 11.5. The lowest BCUT2D eigenvalue weighted by atomic mass is 10.2. The summed E-state index contributed by atoms with van der Waals surface area (Å²) in [6.07, 6.45) is 1.70. The first-order valence-corrected chi connectivity index (χ1v) is 5.47. The van der Waals surface area contributed by atoms with Gasteiger partial charge >= 0.3 is 0 Å². The molecule has 5 heteroatoms. The standard InChI is InChI=1S/C10H10BrN3O/c1-6(11)10(15)13-8-3-2-4-9-7(8)5-12-14-9/h2-6H,1H3,(H,12,14)(H,13,15). The minimum atomic E-state index is -0.209. The lowest BCUT2D eigenvalue weighted by Gasteiger charge is -2.07. The summed E-state index contributed by atoms with van der Waals surface area (Å²) in [5.74, 6) is -0.0660. The Morgan fingerprint density at radius 2 is 2.40 bits per heavy atom. The van der Waals surface area contributed by atoms with E-state index in [1.54, 1.807) is 13.1 Å². The predicted octanol–water partition coefficient (Wildman–Crippen LogP) is 2.28. The summed E-state index contributed by atoms with van der Waals surface area (Å²) in [5.41, 5.74) is 1.69. The highest BCUT2D eigenvalue weighted by molar-refractivity contribution is 9.10. The molecule has 1 unspecified atom stereocenters. The second kappa shape index (κ2) is 4.02. The number of nitrogens with one attached hydrogen (secondary N) is 2. The molecule has 0 aliphatic heterocycles. The predicted molar refractivity (Wildman–Crippen MR) is 63.1 cm³/mol. The average molecular weight is 268 g/mol. The first kappa shape index (κ1) is 10.2. The van der Waals surface area contributed by atoms with Gasteiger partial charge in [0, 0.05) is 5.39 Å². The molecule has 0 spiro atoms. The number of halogens is 1. The van der Waals surface area contributed by atoms with Gasteiger partial charge in [-0.25, -0.2) is 0 Å². The third-order valence-corrected chi connectivity index (χ3v) is 2.52. The van der Waals surface area contributed by atoms with Crippen molar-refractivity contribution in [2.75, 3.05) is 5.32 Å². The van der Waals surface area contributed by atoms with Gasteiger partial charge in [0.15, 0.2) is 0 Å². The first-order chi connectivity index (χ1) is 7.18. The molecule has 2 aromatic rings. The molecule has 1 amide bonds. The molecule has 2 rings (SSSR count). The van der Waals surface area contributed by atoms with Crippen LogP contribution in [0.3, 0.4) is 0 Å². The number of alkyl halides is 1. The molecule has 0 saturated carbocycles. The average Bonchev–Trinajstić information content (AvgIpc) is 2.66. The van der Waals surface area contributed by atoms with Crippen molar-refractivity contribution in [3.8, 4) is 0 Å². The normalized spacial score (nSPS) is 12.7. The van der Waals surface area contributed by atoms with E-state index in [1.165, 1.54) is 0 Å². The number of benzene rings is 1. The Morgan fingerprint density at radius 1 is 1.60 bits per heavy atom. The van der Waals surface area contributed by atoms with Crippen molar-refractivity contribution < 1.29 is 4.79 Å². The Balaban J connectivity index is 2.35. The van der Waals surface area contributed by atoms with Crippen LogP contribution in [-0.4, -0.2) is 20.9 Å². The number of aromatic nitrogens is 2. The highest BCUT2D eigenvalue weighted by Crippen LogP contribution is 2.21. The Bertz CT molecular complexity index is 492. The number of hydrogen-bond acceptors (Lipinski definition) is 2. The van der Waals surface area contributed by atoms with E-state index in [-0.39, 0.29) is 10.7 Å². The van der Waals surface area contributed by atoms with Gasteiger partial charge in [-0.3, -0.25) is 9.89 Å². The van der Waals surface area contributed by atoms with Crippen LogP contribution in [0.5, 0.6) is 0 Å². The zero-order chi connectivity index (χ0) is 10.8. The van der Waals surface area contributed by atoms with E-state index in [4.69, 9.17) is 0 Å². The Kier molecular flexibility index (Phi) is 2.73. The molecule has 0 aliphatic carbocycles. The van der Waals surface area contributed by atoms with Crippen LogP contribution in [0.4, 0.5) is 5.69 Å². The van der Waals surface area contributed by atoms with Gasteiger partial charge in [0.25, 0.3) is 0 Å². The summed E-state index contributed by atoms with van der Waals surface area (Å²) >= 11 is 3.22. The molecule has 1 atom stereocenters. The van der Waals surface area contributed by atoms with Crippen molar-refractivity contribution in [2.24, 2.45) is 0 Å². The van der Waals surface area contributed by atoms with Crippen molar-refractivity contribution >= 4 is 38.4 Å². The fourth-order valence-corrected chi connectivity index (χ4v) is 1.42. The van der Waals surface area contributed by atoms with E-state index >= 15 is 0 Å². The van der Waals surface area contributed by atoms with Crippen LogP contribution in [0.15, 0.2) is 24.4 Å². The van der Waals surface area contributed by atoms with Crippen molar-refractivity contribution in [3.05, 3.63) is 24.4 Å². The number of hydrogen-bond donors (Lipinski definition) is 2. The molecule has 1 aromatic heterocycles. The second-order valence-electron chi connectivity index (χ2n) is 3.24. The Labute approximate surface area is 95.2 Å². The second-order valence-corrected chi connectivity index (χ2v) is 4.62. The lowest BCUT2D eigenvalue weighted by Crippen LogP contribution is -2.19. The zero-order valence-electron chi connectivity index (χ0n) is 8.12. The molecule has 0 aliphatic rings. The molecule has 4 nitrogen and oxygen atoms in total. The first-order valence-electron chi connectivity index (χ1n) is 4.55. The van der Waals surface area contributed by atoms with Crippen molar-refractivity contribution in [3.63, 3.8) is 0 Å². The number of H-pyrrole nitrogens is 1. The molecule has 78 valence electrons. The number of carbonyl (C=O) groups is 1. The highest BCUT2D eigenvalue weighted by atomic mass is 79.9. The van der Waals surface area contributed by atoms with Crippen molar-refractivity contribution in [2.45, 2.75) is 11.8 Å². The number of aromatic amines is 1. The monoisotopic (exact) mass is 267 g/mol. The molecule has 1 heterocycles. The third-order valence-electron chi connectivity index (χ3n) is 2.10. The molecule has 0 radical (unpaired) electrons. The van der Waals surface area contributed by atoms with Crippen LogP contribution in [-0.2, 0) is 4.79 Å². The van der Waals surface area contributed by atoms with Crippen molar-refractivity contribution in [1.82, 2.24) is 10.2 Å². The number of rotatable bonds is 2. The molecule has 15 heavy (non-hydrogen) atoms.